The third-order valence-corrected chi connectivity index (χ3v) is 5.49. The minimum Gasteiger partial charge on any atom is -0.234 e. The first-order valence-electron chi connectivity index (χ1n) is 11.3. The highest BCUT2D eigenvalue weighted by atomic mass is 15.1. The van der Waals surface area contributed by atoms with E-state index in [0.717, 1.165) is 13.0 Å². The summed E-state index contributed by atoms with van der Waals surface area (Å²) < 4.78 is 4.99. The van der Waals surface area contributed by atoms with Crippen molar-refractivity contribution in [3.8, 4) is 0 Å². The van der Waals surface area contributed by atoms with E-state index in [1.54, 1.807) is 0 Å². The minimum atomic E-state index is 0.575. The molecule has 0 fully saturated rings. The van der Waals surface area contributed by atoms with Crippen LogP contribution in [0.25, 0.3) is 0 Å². The van der Waals surface area contributed by atoms with Crippen LogP contribution in [0.3, 0.4) is 0 Å². The van der Waals surface area contributed by atoms with Crippen LogP contribution < -0.4 is 4.57 Å². The van der Waals surface area contributed by atoms with Gasteiger partial charge in [-0.05, 0) is 31.2 Å². The van der Waals surface area contributed by atoms with Gasteiger partial charge in [-0.1, -0.05) is 89.6 Å². The fraction of sp³-hybridized carbons (Fsp3) is 0.640. The SMILES string of the molecule is CCCCCCCCCCn1cc[n+](CCCc2ccccc2)c1C(C)C. The van der Waals surface area contributed by atoms with E-state index in [2.05, 4.69) is 72.6 Å². The molecule has 2 rings (SSSR count). The molecule has 1 aromatic carbocycles. The first-order chi connectivity index (χ1) is 13.2. The maximum absolute atomic E-state index is 2.50. The Labute approximate surface area is 167 Å². The highest BCUT2D eigenvalue weighted by Gasteiger charge is 2.20. The van der Waals surface area contributed by atoms with Crippen molar-refractivity contribution in [2.45, 2.75) is 104 Å². The fourth-order valence-corrected chi connectivity index (χ4v) is 4.03. The van der Waals surface area contributed by atoms with Gasteiger partial charge in [0.15, 0.2) is 0 Å². The molecule has 0 saturated heterocycles. The zero-order valence-corrected chi connectivity index (χ0v) is 18.0. The number of aromatic nitrogens is 2. The van der Waals surface area contributed by atoms with E-state index in [9.17, 15) is 0 Å². The highest BCUT2D eigenvalue weighted by Crippen LogP contribution is 2.14. The van der Waals surface area contributed by atoms with Crippen molar-refractivity contribution in [2.24, 2.45) is 0 Å². The molecule has 0 radical (unpaired) electrons. The lowest BCUT2D eigenvalue weighted by Crippen LogP contribution is -2.38. The number of aryl methyl sites for hydroxylation is 3. The van der Waals surface area contributed by atoms with Crippen LogP contribution in [0.4, 0.5) is 0 Å². The summed E-state index contributed by atoms with van der Waals surface area (Å²) >= 11 is 0. The van der Waals surface area contributed by atoms with Crippen LogP contribution in [-0.2, 0) is 19.5 Å². The summed E-state index contributed by atoms with van der Waals surface area (Å²) in [4.78, 5) is 0. The predicted molar refractivity (Wildman–Crippen MR) is 116 cm³/mol. The average molecular weight is 370 g/mol. The summed E-state index contributed by atoms with van der Waals surface area (Å²) in [7, 11) is 0. The summed E-state index contributed by atoms with van der Waals surface area (Å²) in [5.41, 5.74) is 1.45. The quantitative estimate of drug-likeness (QED) is 0.260. The Bertz CT molecular complexity index is 613. The summed E-state index contributed by atoms with van der Waals surface area (Å²) in [6, 6.07) is 10.9. The van der Waals surface area contributed by atoms with Gasteiger partial charge in [0.05, 0.1) is 19.0 Å². The van der Waals surface area contributed by atoms with E-state index >= 15 is 0 Å². The van der Waals surface area contributed by atoms with Crippen molar-refractivity contribution in [1.29, 1.82) is 0 Å². The molecule has 0 unspecified atom stereocenters. The van der Waals surface area contributed by atoms with Gasteiger partial charge < -0.3 is 0 Å². The smallest absolute Gasteiger partial charge is 0.234 e. The van der Waals surface area contributed by atoms with Crippen molar-refractivity contribution in [2.75, 3.05) is 0 Å². The van der Waals surface area contributed by atoms with Crippen LogP contribution in [0.2, 0.25) is 0 Å². The number of hydrogen-bond donors (Lipinski definition) is 0. The third-order valence-electron chi connectivity index (χ3n) is 5.49. The predicted octanol–water partition coefficient (Wildman–Crippen LogP) is 6.67. The second kappa shape index (κ2) is 12.8. The lowest BCUT2D eigenvalue weighted by molar-refractivity contribution is -0.705. The molecule has 0 spiro atoms. The van der Waals surface area contributed by atoms with Gasteiger partial charge in [0.25, 0.3) is 5.82 Å². The van der Waals surface area contributed by atoms with Gasteiger partial charge in [0, 0.05) is 0 Å². The molecule has 0 bridgehead atoms. The molecule has 2 heteroatoms. The summed E-state index contributed by atoms with van der Waals surface area (Å²) in [5, 5.41) is 0. The van der Waals surface area contributed by atoms with Gasteiger partial charge in [-0.2, -0.15) is 0 Å². The molecule has 2 aromatic rings. The van der Waals surface area contributed by atoms with Crippen molar-refractivity contribution in [3.05, 3.63) is 54.1 Å². The van der Waals surface area contributed by atoms with Crippen LogP contribution in [-0.4, -0.2) is 4.57 Å². The number of unbranched alkanes of at least 4 members (excludes halogenated alkanes) is 7. The molecule has 0 amide bonds. The minimum absolute atomic E-state index is 0.575. The fourth-order valence-electron chi connectivity index (χ4n) is 4.03. The summed E-state index contributed by atoms with van der Waals surface area (Å²) in [5.74, 6) is 2.07. The third kappa shape index (κ3) is 7.91. The molecule has 1 aromatic heterocycles. The molecule has 0 atom stereocenters. The summed E-state index contributed by atoms with van der Waals surface area (Å²) in [6.07, 6.45) is 18.1. The maximum atomic E-state index is 2.50. The summed E-state index contributed by atoms with van der Waals surface area (Å²) in [6.45, 7) is 9.23. The van der Waals surface area contributed by atoms with Crippen LogP contribution in [0.15, 0.2) is 42.7 Å². The second-order valence-corrected chi connectivity index (χ2v) is 8.26. The normalized spacial score (nSPS) is 11.4. The van der Waals surface area contributed by atoms with E-state index in [1.807, 2.05) is 0 Å². The van der Waals surface area contributed by atoms with E-state index in [1.165, 1.54) is 75.7 Å². The molecule has 0 saturated carbocycles. The maximum Gasteiger partial charge on any atom is 0.258 e. The Morgan fingerprint density at radius 3 is 2.19 bits per heavy atom. The molecular formula is C25H41N2+. The zero-order chi connectivity index (χ0) is 19.3. The van der Waals surface area contributed by atoms with Gasteiger partial charge in [0.1, 0.15) is 12.4 Å². The van der Waals surface area contributed by atoms with E-state index in [4.69, 9.17) is 0 Å². The molecule has 1 heterocycles. The average Bonchev–Trinajstić information content (AvgIpc) is 3.08. The van der Waals surface area contributed by atoms with Crippen molar-refractivity contribution in [1.82, 2.24) is 4.57 Å². The molecule has 2 nitrogen and oxygen atoms in total. The van der Waals surface area contributed by atoms with Crippen molar-refractivity contribution >= 4 is 0 Å². The molecule has 0 aliphatic rings. The standard InChI is InChI=1S/C25H41N2/c1-4-5-6-7-8-9-10-14-19-26-21-22-27(25(26)23(2)3)20-15-18-24-16-12-11-13-17-24/h11-13,16-17,21-23H,4-10,14-15,18-20H2,1-3H3/q+1. The molecule has 27 heavy (non-hydrogen) atoms. The van der Waals surface area contributed by atoms with Gasteiger partial charge in [-0.3, -0.25) is 0 Å². The molecule has 0 aliphatic heterocycles. The van der Waals surface area contributed by atoms with Gasteiger partial charge in [-0.25, -0.2) is 9.13 Å². The number of rotatable bonds is 14. The van der Waals surface area contributed by atoms with E-state index in [0.29, 0.717) is 5.92 Å². The first-order valence-corrected chi connectivity index (χ1v) is 11.3. The number of benzene rings is 1. The first kappa shape index (κ1) is 21.7. The van der Waals surface area contributed by atoms with Gasteiger partial charge in [0.2, 0.25) is 0 Å². The molecule has 0 N–H and O–H groups in total. The topological polar surface area (TPSA) is 8.81 Å². The van der Waals surface area contributed by atoms with Crippen molar-refractivity contribution < 1.29 is 4.57 Å². The van der Waals surface area contributed by atoms with Crippen molar-refractivity contribution in [3.63, 3.8) is 0 Å². The zero-order valence-electron chi connectivity index (χ0n) is 18.0. The Balaban J connectivity index is 1.75. The molecule has 0 aliphatic carbocycles. The van der Waals surface area contributed by atoms with Crippen LogP contribution in [0.5, 0.6) is 0 Å². The van der Waals surface area contributed by atoms with Crippen LogP contribution in [0.1, 0.15) is 95.9 Å². The Hall–Kier alpha value is -1.57. The van der Waals surface area contributed by atoms with Crippen LogP contribution in [0, 0.1) is 0 Å². The highest BCUT2D eigenvalue weighted by molar-refractivity contribution is 5.14. The lowest BCUT2D eigenvalue weighted by atomic mass is 10.1. The Morgan fingerprint density at radius 1 is 0.852 bits per heavy atom. The van der Waals surface area contributed by atoms with Gasteiger partial charge in [-0.15, -0.1) is 0 Å². The van der Waals surface area contributed by atoms with E-state index < -0.39 is 0 Å². The Morgan fingerprint density at radius 2 is 1.52 bits per heavy atom. The lowest BCUT2D eigenvalue weighted by Gasteiger charge is -2.08. The second-order valence-electron chi connectivity index (χ2n) is 8.26. The van der Waals surface area contributed by atoms with E-state index in [-0.39, 0.29) is 0 Å². The number of hydrogen-bond acceptors (Lipinski definition) is 0. The molecule has 150 valence electrons. The Kier molecular flexibility index (Phi) is 10.3. The molecular weight excluding hydrogens is 328 g/mol. The monoisotopic (exact) mass is 369 g/mol. The number of imidazole rings is 1. The largest absolute Gasteiger partial charge is 0.258 e. The number of nitrogens with zero attached hydrogens (tertiary/aromatic N) is 2. The van der Waals surface area contributed by atoms with Crippen LogP contribution >= 0.6 is 0 Å². The van der Waals surface area contributed by atoms with Gasteiger partial charge >= 0.3 is 0 Å².